The highest BCUT2D eigenvalue weighted by atomic mass is 79.9. The molecule has 0 fully saturated rings. The lowest BCUT2D eigenvalue weighted by molar-refractivity contribution is 0.0774. The molecule has 0 bridgehead atoms. The van der Waals surface area contributed by atoms with Gasteiger partial charge >= 0.3 is 0 Å². The molecule has 9 heavy (non-hydrogen) atoms. The Bertz CT molecular complexity index is 162. The third kappa shape index (κ3) is 1.41. The minimum atomic E-state index is -0.782. The van der Waals surface area contributed by atoms with Crippen LogP contribution in [0.5, 0.6) is 0 Å². The average Bonchev–Trinajstić information content (AvgIpc) is 1.83. The number of allylic oxidation sites excluding steroid dienone is 2. The number of rotatable bonds is 0. The molecule has 0 aromatic rings. The van der Waals surface area contributed by atoms with Gasteiger partial charge in [-0.2, -0.15) is 0 Å². The maximum Gasteiger partial charge on any atom is 0.115 e. The van der Waals surface area contributed by atoms with Gasteiger partial charge in [0, 0.05) is 4.48 Å². The van der Waals surface area contributed by atoms with E-state index in [1.807, 2.05) is 0 Å². The van der Waals surface area contributed by atoms with E-state index in [4.69, 9.17) is 10.2 Å². The highest BCUT2D eigenvalue weighted by molar-refractivity contribution is 9.11. The predicted molar refractivity (Wildman–Crippen MR) is 38.2 cm³/mol. The molecule has 0 saturated carbocycles. The molecule has 3 heteroatoms. The summed E-state index contributed by atoms with van der Waals surface area (Å²) in [5.41, 5.74) is 0. The molecule has 2 unspecified atom stereocenters. The Kier molecular flexibility index (Phi) is 2.05. The van der Waals surface area contributed by atoms with E-state index < -0.39 is 12.2 Å². The molecule has 0 heterocycles. The van der Waals surface area contributed by atoms with Crippen LogP contribution >= 0.6 is 15.9 Å². The largest absolute Gasteiger partial charge is 0.386 e. The number of hydrogen-bond donors (Lipinski definition) is 2. The molecule has 2 atom stereocenters. The third-order valence-electron chi connectivity index (χ3n) is 1.17. The molecular weight excluding hydrogens is 184 g/mol. The van der Waals surface area contributed by atoms with E-state index in [2.05, 4.69) is 15.9 Å². The van der Waals surface area contributed by atoms with Crippen molar-refractivity contribution in [1.29, 1.82) is 0 Å². The molecule has 2 nitrogen and oxygen atoms in total. The summed E-state index contributed by atoms with van der Waals surface area (Å²) in [5.74, 6) is 0. The molecule has 0 amide bonds. The molecule has 0 aromatic heterocycles. The van der Waals surface area contributed by atoms with E-state index >= 15 is 0 Å². The van der Waals surface area contributed by atoms with Crippen LogP contribution in [0.15, 0.2) is 22.7 Å². The monoisotopic (exact) mass is 190 g/mol. The summed E-state index contributed by atoms with van der Waals surface area (Å²) in [7, 11) is 0. The van der Waals surface area contributed by atoms with Crippen molar-refractivity contribution in [1.82, 2.24) is 0 Å². The Morgan fingerprint density at radius 1 is 1.44 bits per heavy atom. The van der Waals surface area contributed by atoms with Gasteiger partial charge in [-0.1, -0.05) is 28.1 Å². The van der Waals surface area contributed by atoms with Crippen LogP contribution in [0, 0.1) is 0 Å². The predicted octanol–water partition coefficient (Wildman–Crippen LogP) is 0.557. The van der Waals surface area contributed by atoms with Gasteiger partial charge in [-0.3, -0.25) is 0 Å². The topological polar surface area (TPSA) is 40.5 Å². The number of halogens is 1. The molecule has 0 aromatic carbocycles. The van der Waals surface area contributed by atoms with Gasteiger partial charge < -0.3 is 10.2 Å². The van der Waals surface area contributed by atoms with Crippen molar-refractivity contribution >= 4 is 15.9 Å². The SMILES string of the molecule is OC1C=CC=C(Br)C1O. The van der Waals surface area contributed by atoms with Crippen LogP contribution in [0.2, 0.25) is 0 Å². The van der Waals surface area contributed by atoms with Crippen molar-refractivity contribution in [2.75, 3.05) is 0 Å². The highest BCUT2D eigenvalue weighted by Gasteiger charge is 2.17. The van der Waals surface area contributed by atoms with E-state index in [1.165, 1.54) is 6.08 Å². The zero-order valence-electron chi connectivity index (χ0n) is 4.66. The summed E-state index contributed by atoms with van der Waals surface area (Å²) < 4.78 is 0.623. The zero-order valence-corrected chi connectivity index (χ0v) is 6.25. The minimum Gasteiger partial charge on any atom is -0.386 e. The van der Waals surface area contributed by atoms with E-state index in [-0.39, 0.29) is 0 Å². The van der Waals surface area contributed by atoms with Crippen LogP contribution < -0.4 is 0 Å². The average molecular weight is 191 g/mol. The van der Waals surface area contributed by atoms with Crippen LogP contribution in [0.25, 0.3) is 0 Å². The first-order valence-corrected chi connectivity index (χ1v) is 3.41. The Hall–Kier alpha value is -0.120. The van der Waals surface area contributed by atoms with Gasteiger partial charge in [-0.25, -0.2) is 0 Å². The van der Waals surface area contributed by atoms with Gasteiger partial charge in [-0.15, -0.1) is 0 Å². The fourth-order valence-corrected chi connectivity index (χ4v) is 1.05. The lowest BCUT2D eigenvalue weighted by atomic mass is 10.1. The van der Waals surface area contributed by atoms with Crippen molar-refractivity contribution in [2.45, 2.75) is 12.2 Å². The first kappa shape index (κ1) is 6.99. The maximum atomic E-state index is 9.03. The van der Waals surface area contributed by atoms with Crippen molar-refractivity contribution in [2.24, 2.45) is 0 Å². The van der Waals surface area contributed by atoms with E-state index in [1.54, 1.807) is 12.2 Å². The van der Waals surface area contributed by atoms with Crippen molar-refractivity contribution in [3.63, 3.8) is 0 Å². The smallest absolute Gasteiger partial charge is 0.115 e. The Balaban J connectivity index is 2.73. The van der Waals surface area contributed by atoms with Crippen molar-refractivity contribution < 1.29 is 10.2 Å². The fourth-order valence-electron chi connectivity index (χ4n) is 0.628. The van der Waals surface area contributed by atoms with Crippen LogP contribution in [-0.4, -0.2) is 22.4 Å². The number of hydrogen-bond acceptors (Lipinski definition) is 2. The third-order valence-corrected chi connectivity index (χ3v) is 1.90. The standard InChI is InChI=1S/C6H7BrO2/c7-4-2-1-3-5(8)6(4)9/h1-3,5-6,8-9H. The molecule has 1 rings (SSSR count). The summed E-state index contributed by atoms with van der Waals surface area (Å²) in [6, 6.07) is 0. The zero-order chi connectivity index (χ0) is 6.85. The summed E-state index contributed by atoms with van der Waals surface area (Å²) in [6.45, 7) is 0. The molecule has 1 aliphatic carbocycles. The molecule has 50 valence electrons. The molecule has 0 saturated heterocycles. The van der Waals surface area contributed by atoms with Crippen LogP contribution in [-0.2, 0) is 0 Å². The Labute approximate surface area is 61.6 Å². The van der Waals surface area contributed by atoms with Crippen molar-refractivity contribution in [3.8, 4) is 0 Å². The van der Waals surface area contributed by atoms with Gasteiger partial charge in [0.25, 0.3) is 0 Å². The normalized spacial score (nSPS) is 34.3. The van der Waals surface area contributed by atoms with Gasteiger partial charge in [0.1, 0.15) is 12.2 Å². The molecule has 2 N–H and O–H groups in total. The second-order valence-electron chi connectivity index (χ2n) is 1.87. The lowest BCUT2D eigenvalue weighted by Crippen LogP contribution is -2.25. The molecule has 0 spiro atoms. The molecular formula is C6H7BrO2. The van der Waals surface area contributed by atoms with E-state index in [0.29, 0.717) is 4.48 Å². The second-order valence-corrected chi connectivity index (χ2v) is 2.79. The molecule has 0 aliphatic heterocycles. The number of aliphatic hydroxyl groups excluding tert-OH is 2. The Morgan fingerprint density at radius 2 is 2.11 bits per heavy atom. The summed E-state index contributed by atoms with van der Waals surface area (Å²) >= 11 is 3.09. The first-order valence-electron chi connectivity index (χ1n) is 2.62. The van der Waals surface area contributed by atoms with Crippen LogP contribution in [0.4, 0.5) is 0 Å². The fraction of sp³-hybridized carbons (Fsp3) is 0.333. The summed E-state index contributed by atoms with van der Waals surface area (Å²) in [4.78, 5) is 0. The van der Waals surface area contributed by atoms with Crippen LogP contribution in [0.3, 0.4) is 0 Å². The number of aliphatic hydroxyl groups is 2. The summed E-state index contributed by atoms with van der Waals surface area (Å²) in [6.07, 6.45) is 3.40. The summed E-state index contributed by atoms with van der Waals surface area (Å²) in [5, 5.41) is 18.0. The van der Waals surface area contributed by atoms with Gasteiger partial charge in [-0.05, 0) is 6.08 Å². The van der Waals surface area contributed by atoms with Crippen LogP contribution in [0.1, 0.15) is 0 Å². The molecule has 1 aliphatic rings. The van der Waals surface area contributed by atoms with Crippen molar-refractivity contribution in [3.05, 3.63) is 22.7 Å². The second kappa shape index (κ2) is 2.64. The van der Waals surface area contributed by atoms with E-state index in [0.717, 1.165) is 0 Å². The lowest BCUT2D eigenvalue weighted by Gasteiger charge is -2.16. The Morgan fingerprint density at radius 3 is 2.56 bits per heavy atom. The van der Waals surface area contributed by atoms with Gasteiger partial charge in [0.05, 0.1) is 0 Å². The molecule has 0 radical (unpaired) electrons. The highest BCUT2D eigenvalue weighted by Crippen LogP contribution is 2.18. The van der Waals surface area contributed by atoms with E-state index in [9.17, 15) is 0 Å². The first-order chi connectivity index (χ1) is 4.22. The van der Waals surface area contributed by atoms with Gasteiger partial charge in [0.2, 0.25) is 0 Å². The van der Waals surface area contributed by atoms with Gasteiger partial charge in [0.15, 0.2) is 0 Å². The minimum absolute atomic E-state index is 0.623. The quantitative estimate of drug-likeness (QED) is 0.587. The maximum absolute atomic E-state index is 9.03.